The molecule has 0 saturated carbocycles. The molecule has 0 aromatic heterocycles. The third kappa shape index (κ3) is 19.5. The quantitative estimate of drug-likeness (QED) is 0.382. The number of rotatable bonds is 6. The molecular formula is C28H52N4O3. The van der Waals surface area contributed by atoms with Gasteiger partial charge in [0, 0.05) is 31.5 Å². The number of benzene rings is 1. The first kappa shape index (κ1) is 37.0. The van der Waals surface area contributed by atoms with Crippen LogP contribution in [0.4, 0.5) is 0 Å². The zero-order chi connectivity index (χ0) is 27.8. The summed E-state index contributed by atoms with van der Waals surface area (Å²) >= 11 is 0. The van der Waals surface area contributed by atoms with Gasteiger partial charge >= 0.3 is 0 Å². The lowest BCUT2D eigenvalue weighted by Gasteiger charge is -2.13. The fraction of sp³-hybridized carbons (Fsp3) is 0.607. The first-order valence-electron chi connectivity index (χ1n) is 12.7. The predicted octanol–water partition coefficient (Wildman–Crippen LogP) is 5.03. The summed E-state index contributed by atoms with van der Waals surface area (Å²) in [7, 11) is 0. The predicted molar refractivity (Wildman–Crippen MR) is 151 cm³/mol. The van der Waals surface area contributed by atoms with Gasteiger partial charge in [-0.05, 0) is 49.8 Å². The normalized spacial score (nSPS) is 14.7. The Labute approximate surface area is 214 Å². The number of carbonyl (C=O) groups excluding carboxylic acids is 2. The van der Waals surface area contributed by atoms with Crippen molar-refractivity contribution in [3.8, 4) is 0 Å². The van der Waals surface area contributed by atoms with E-state index in [1.807, 2.05) is 65.8 Å². The lowest BCUT2D eigenvalue weighted by molar-refractivity contribution is -0.129. The molecule has 2 rings (SSSR count). The highest BCUT2D eigenvalue weighted by Gasteiger charge is 2.22. The fourth-order valence-corrected chi connectivity index (χ4v) is 2.63. The fourth-order valence-electron chi connectivity index (χ4n) is 2.63. The van der Waals surface area contributed by atoms with Crippen LogP contribution in [-0.2, 0) is 16.1 Å². The van der Waals surface area contributed by atoms with E-state index in [0.717, 1.165) is 28.3 Å². The van der Waals surface area contributed by atoms with Crippen molar-refractivity contribution in [3.63, 3.8) is 0 Å². The lowest BCUT2D eigenvalue weighted by atomic mass is 10.0. The maximum Gasteiger partial charge on any atom is 0.236 e. The van der Waals surface area contributed by atoms with E-state index in [2.05, 4.69) is 38.0 Å². The van der Waals surface area contributed by atoms with Crippen LogP contribution in [0.15, 0.2) is 35.0 Å². The summed E-state index contributed by atoms with van der Waals surface area (Å²) in [6.45, 7) is 22.2. The molecule has 1 unspecified atom stereocenters. The molecule has 1 aliphatic rings. The minimum absolute atomic E-state index is 0.0483. The Bertz CT molecular complexity index is 711. The highest BCUT2D eigenvalue weighted by molar-refractivity contribution is 5.78. The average Bonchev–Trinajstić information content (AvgIpc) is 3.31. The summed E-state index contributed by atoms with van der Waals surface area (Å²) in [5, 5.41) is 11.6. The summed E-state index contributed by atoms with van der Waals surface area (Å²) in [5.41, 5.74) is 9.55. The molecular weight excluding hydrogens is 440 g/mol. The van der Waals surface area contributed by atoms with Crippen molar-refractivity contribution >= 4 is 24.1 Å². The molecule has 0 aliphatic carbocycles. The van der Waals surface area contributed by atoms with Crippen molar-refractivity contribution in [2.24, 2.45) is 16.6 Å². The zero-order valence-electron chi connectivity index (χ0n) is 23.9. The van der Waals surface area contributed by atoms with Gasteiger partial charge in [-0.15, -0.1) is 0 Å². The van der Waals surface area contributed by atoms with Crippen LogP contribution in [0.5, 0.6) is 0 Å². The summed E-state index contributed by atoms with van der Waals surface area (Å²) in [6, 6.07) is 8.12. The Hall–Kier alpha value is -2.51. The van der Waals surface area contributed by atoms with Gasteiger partial charge in [-0.2, -0.15) is 0 Å². The SMILES string of the molecule is CC.CC.CC(C)C.CC=N/C(C)=C(\C)c1ccc(CNC=O)cc1.NCC(=O)N1CCC(O)C1. The number of hydrogen-bond acceptors (Lipinski definition) is 5. The molecule has 1 heterocycles. The molecule has 0 bridgehead atoms. The van der Waals surface area contributed by atoms with Crippen LogP contribution < -0.4 is 11.1 Å². The molecule has 0 radical (unpaired) electrons. The van der Waals surface area contributed by atoms with E-state index < -0.39 is 0 Å². The molecule has 1 aromatic carbocycles. The van der Waals surface area contributed by atoms with Gasteiger partial charge in [-0.25, -0.2) is 0 Å². The second-order valence-corrected chi connectivity index (χ2v) is 8.01. The number of hydrogen-bond donors (Lipinski definition) is 3. The lowest BCUT2D eigenvalue weighted by Crippen LogP contribution is -2.34. The summed E-state index contributed by atoms with van der Waals surface area (Å²) < 4.78 is 0. The van der Waals surface area contributed by atoms with Gasteiger partial charge in [0.2, 0.25) is 12.3 Å². The summed E-state index contributed by atoms with van der Waals surface area (Å²) in [5.74, 6) is 0.761. The topological polar surface area (TPSA) is 108 Å². The number of nitrogens with one attached hydrogen (secondary N) is 1. The first-order valence-corrected chi connectivity index (χ1v) is 12.7. The van der Waals surface area contributed by atoms with Gasteiger partial charge in [0.25, 0.3) is 0 Å². The molecule has 1 saturated heterocycles. The number of aliphatic hydroxyl groups excluding tert-OH is 1. The maximum absolute atomic E-state index is 10.8. The van der Waals surface area contributed by atoms with Crippen LogP contribution in [0.2, 0.25) is 0 Å². The molecule has 7 heteroatoms. The van der Waals surface area contributed by atoms with Crippen molar-refractivity contribution in [2.75, 3.05) is 19.6 Å². The monoisotopic (exact) mass is 492 g/mol. The molecule has 7 nitrogen and oxygen atoms in total. The van der Waals surface area contributed by atoms with Gasteiger partial charge < -0.3 is 21.1 Å². The Balaban J connectivity index is -0.000000481. The molecule has 2 amide bonds. The van der Waals surface area contributed by atoms with Gasteiger partial charge in [0.05, 0.1) is 12.6 Å². The third-order valence-electron chi connectivity index (χ3n) is 4.33. The van der Waals surface area contributed by atoms with E-state index in [1.54, 1.807) is 11.1 Å². The van der Waals surface area contributed by atoms with Crippen molar-refractivity contribution in [2.45, 2.75) is 88.3 Å². The molecule has 1 atom stereocenters. The number of nitrogens with zero attached hydrogens (tertiary/aromatic N) is 2. The summed E-state index contributed by atoms with van der Waals surface area (Å²) in [4.78, 5) is 26.9. The van der Waals surface area contributed by atoms with Gasteiger partial charge in [-0.1, -0.05) is 72.7 Å². The Morgan fingerprint density at radius 1 is 1.17 bits per heavy atom. The van der Waals surface area contributed by atoms with E-state index in [0.29, 0.717) is 32.5 Å². The number of β-amino-alcohol motifs (C(OH)–C–C–N with tert-alkyl or cyclic N) is 1. The first-order chi connectivity index (χ1) is 16.7. The number of aliphatic hydroxyl groups is 1. The van der Waals surface area contributed by atoms with Crippen LogP contribution >= 0.6 is 0 Å². The Morgan fingerprint density at radius 2 is 1.69 bits per heavy atom. The molecule has 35 heavy (non-hydrogen) atoms. The largest absolute Gasteiger partial charge is 0.391 e. The van der Waals surface area contributed by atoms with Crippen LogP contribution in [0.1, 0.15) is 86.8 Å². The number of carbonyl (C=O) groups is 2. The highest BCUT2D eigenvalue weighted by Crippen LogP contribution is 2.19. The van der Waals surface area contributed by atoms with Gasteiger partial charge in [0.15, 0.2) is 0 Å². The zero-order valence-corrected chi connectivity index (χ0v) is 23.9. The van der Waals surface area contributed by atoms with Crippen LogP contribution in [-0.4, -0.2) is 54.3 Å². The third-order valence-corrected chi connectivity index (χ3v) is 4.33. The van der Waals surface area contributed by atoms with Crippen molar-refractivity contribution in [1.29, 1.82) is 0 Å². The van der Waals surface area contributed by atoms with E-state index in [4.69, 9.17) is 10.8 Å². The van der Waals surface area contributed by atoms with E-state index in [9.17, 15) is 9.59 Å². The van der Waals surface area contributed by atoms with Crippen LogP contribution in [0, 0.1) is 5.92 Å². The van der Waals surface area contributed by atoms with Gasteiger partial charge in [-0.3, -0.25) is 14.6 Å². The molecule has 1 aliphatic heterocycles. The van der Waals surface area contributed by atoms with Crippen molar-refractivity contribution < 1.29 is 14.7 Å². The number of nitrogens with two attached hydrogens (primary N) is 1. The second kappa shape index (κ2) is 24.6. The number of aliphatic imine (C=N–C) groups is 1. The number of allylic oxidation sites excluding steroid dienone is 2. The van der Waals surface area contributed by atoms with E-state index in [1.165, 1.54) is 0 Å². The minimum Gasteiger partial charge on any atom is -0.391 e. The minimum atomic E-state index is -0.338. The molecule has 1 aromatic rings. The van der Waals surface area contributed by atoms with Crippen LogP contribution in [0.3, 0.4) is 0 Å². The summed E-state index contributed by atoms with van der Waals surface area (Å²) in [6.07, 6.45) is 2.85. The van der Waals surface area contributed by atoms with Crippen LogP contribution in [0.25, 0.3) is 5.57 Å². The molecule has 4 N–H and O–H groups in total. The Morgan fingerprint density at radius 3 is 2.06 bits per heavy atom. The Kier molecular flexibility index (Phi) is 26.0. The number of likely N-dealkylation sites (tertiary alicyclic amines) is 1. The molecule has 202 valence electrons. The van der Waals surface area contributed by atoms with E-state index in [-0.39, 0.29) is 18.6 Å². The molecule has 1 fully saturated rings. The second-order valence-electron chi connectivity index (χ2n) is 8.01. The van der Waals surface area contributed by atoms with Gasteiger partial charge in [0.1, 0.15) is 0 Å². The smallest absolute Gasteiger partial charge is 0.236 e. The maximum atomic E-state index is 10.8. The average molecular weight is 493 g/mol. The number of amides is 2. The molecule has 0 spiro atoms. The highest BCUT2D eigenvalue weighted by atomic mass is 16.3. The standard InChI is InChI=1S/C14H18N2O.C6H12N2O2.C4H10.2C2H6/c1-4-16-12(3)11(2)14-7-5-13(6-8-14)9-15-10-17;7-3-6(10)8-2-1-5(9)4-8;1-4(2)3;2*1-2/h4-8,10H,9H2,1-3H3,(H,15,17);5,9H,1-4,7H2;4H,1-3H3;2*1-2H3/b12-11+,16-4?;;;;. The van der Waals surface area contributed by atoms with Crippen molar-refractivity contribution in [3.05, 3.63) is 41.1 Å². The van der Waals surface area contributed by atoms with Crippen molar-refractivity contribution in [1.82, 2.24) is 10.2 Å². The van der Waals surface area contributed by atoms with E-state index >= 15 is 0 Å².